The Balaban J connectivity index is 2.02. The number of carbonyl (C=O) groups is 1. The van der Waals surface area contributed by atoms with E-state index in [1.807, 2.05) is 0 Å². The fraction of sp³-hybridized carbons (Fsp3) is 0.786. The van der Waals surface area contributed by atoms with Gasteiger partial charge in [0.1, 0.15) is 0 Å². The lowest BCUT2D eigenvalue weighted by Gasteiger charge is -2.36. The monoisotopic (exact) mass is 317 g/mol. The summed E-state index contributed by atoms with van der Waals surface area (Å²) in [7, 11) is -3.50. The van der Waals surface area contributed by atoms with Crippen molar-refractivity contribution in [2.75, 3.05) is 11.6 Å². The van der Waals surface area contributed by atoms with E-state index in [1.165, 1.54) is 12.2 Å². The lowest BCUT2D eigenvalue weighted by atomic mass is 9.69. The van der Waals surface area contributed by atoms with Crippen LogP contribution in [-0.4, -0.2) is 36.3 Å². The molecule has 0 aromatic heterocycles. The first-order valence-electron chi connectivity index (χ1n) is 7.05. The predicted molar refractivity (Wildman–Crippen MR) is 77.8 cm³/mol. The largest absolute Gasteiger partial charge is 0.269 e. The number of nitrogens with zero attached hydrogens (tertiary/aromatic N) is 1. The van der Waals surface area contributed by atoms with Gasteiger partial charge in [0, 0.05) is 17.4 Å². The Morgan fingerprint density at radius 2 is 2.15 bits per heavy atom. The van der Waals surface area contributed by atoms with Gasteiger partial charge in [0.15, 0.2) is 0 Å². The zero-order valence-electron chi connectivity index (χ0n) is 11.8. The molecule has 0 N–H and O–H groups in total. The highest BCUT2D eigenvalue weighted by Gasteiger charge is 2.72. The van der Waals surface area contributed by atoms with Gasteiger partial charge in [0.2, 0.25) is 10.0 Å². The maximum absolute atomic E-state index is 12.5. The van der Waals surface area contributed by atoms with Crippen molar-refractivity contribution >= 4 is 27.5 Å². The summed E-state index contributed by atoms with van der Waals surface area (Å²) < 4.78 is 26.1. The third-order valence-corrected chi connectivity index (χ3v) is 8.07. The Morgan fingerprint density at radius 3 is 2.75 bits per heavy atom. The van der Waals surface area contributed by atoms with Crippen molar-refractivity contribution in [3.05, 3.63) is 12.2 Å². The summed E-state index contributed by atoms with van der Waals surface area (Å²) in [6, 6.07) is -0.159. The number of rotatable bonds is 2. The second-order valence-electron chi connectivity index (χ2n) is 6.81. The first-order valence-corrected chi connectivity index (χ1v) is 9.19. The number of hydrogen-bond donors (Lipinski definition) is 0. The first-order chi connectivity index (χ1) is 9.26. The third kappa shape index (κ3) is 1.59. The second-order valence-corrected chi connectivity index (χ2v) is 8.97. The topological polar surface area (TPSA) is 54.5 Å². The van der Waals surface area contributed by atoms with Crippen LogP contribution in [0, 0.1) is 16.7 Å². The summed E-state index contributed by atoms with van der Waals surface area (Å²) in [5.41, 5.74) is -0.253. The van der Waals surface area contributed by atoms with Crippen molar-refractivity contribution in [3.8, 4) is 0 Å². The van der Waals surface area contributed by atoms with Crippen LogP contribution in [0.1, 0.15) is 33.1 Å². The fourth-order valence-electron chi connectivity index (χ4n) is 4.80. The van der Waals surface area contributed by atoms with Crippen molar-refractivity contribution in [1.82, 2.24) is 4.31 Å². The highest BCUT2D eigenvalue weighted by Crippen LogP contribution is 2.69. The van der Waals surface area contributed by atoms with E-state index in [1.54, 1.807) is 0 Å². The van der Waals surface area contributed by atoms with Crippen LogP contribution in [0.25, 0.3) is 0 Å². The number of alkyl halides is 1. The Morgan fingerprint density at radius 1 is 1.45 bits per heavy atom. The molecule has 0 radical (unpaired) electrons. The van der Waals surface area contributed by atoms with Crippen LogP contribution in [-0.2, 0) is 14.8 Å². The number of carbonyl (C=O) groups excluding carboxylic acids is 1. The second kappa shape index (κ2) is 4.23. The summed E-state index contributed by atoms with van der Waals surface area (Å²) in [4.78, 5) is 12.2. The van der Waals surface area contributed by atoms with Gasteiger partial charge in [-0.15, -0.1) is 11.6 Å². The maximum atomic E-state index is 12.5. The van der Waals surface area contributed by atoms with Crippen LogP contribution in [0.4, 0.5) is 0 Å². The molecule has 1 saturated heterocycles. The van der Waals surface area contributed by atoms with Crippen molar-refractivity contribution in [1.29, 1.82) is 0 Å². The van der Waals surface area contributed by atoms with Crippen LogP contribution in [0.2, 0.25) is 0 Å². The number of hydrogen-bond acceptors (Lipinski definition) is 3. The standard InChI is InChI=1S/C14H20ClNO3S/c1-13(2)10-5-6-14(13)9-20(18,19)16(11(14)8-10)12(17)4-3-7-15/h3-4,10-11H,5-9H2,1-2H3/b4-3+. The summed E-state index contributed by atoms with van der Waals surface area (Å²) in [5.74, 6) is 0.421. The van der Waals surface area contributed by atoms with E-state index in [2.05, 4.69) is 13.8 Å². The molecule has 4 nitrogen and oxygen atoms in total. The SMILES string of the molecule is CC1(C)C2CCC13CS(=O)(=O)N(C(=O)/C=C/CCl)C3C2. The van der Waals surface area contributed by atoms with Crippen molar-refractivity contribution in [2.45, 2.75) is 39.2 Å². The van der Waals surface area contributed by atoms with Gasteiger partial charge < -0.3 is 0 Å². The Kier molecular flexibility index (Phi) is 3.04. The van der Waals surface area contributed by atoms with E-state index in [4.69, 9.17) is 11.6 Å². The molecule has 6 heteroatoms. The van der Waals surface area contributed by atoms with Gasteiger partial charge in [-0.1, -0.05) is 19.9 Å². The molecule has 3 atom stereocenters. The zero-order chi connectivity index (χ0) is 14.8. The highest BCUT2D eigenvalue weighted by molar-refractivity contribution is 7.90. The molecule has 3 aliphatic rings. The van der Waals surface area contributed by atoms with E-state index < -0.39 is 15.9 Å². The summed E-state index contributed by atoms with van der Waals surface area (Å²) in [6.07, 6.45) is 5.61. The van der Waals surface area contributed by atoms with Gasteiger partial charge in [-0.2, -0.15) is 0 Å². The molecule has 2 bridgehead atoms. The molecule has 112 valence electrons. The molecule has 3 rings (SSSR count). The summed E-state index contributed by atoms with van der Waals surface area (Å²) in [6.45, 7) is 4.34. The minimum Gasteiger partial charge on any atom is -0.269 e. The van der Waals surface area contributed by atoms with Crippen LogP contribution in [0.3, 0.4) is 0 Å². The van der Waals surface area contributed by atoms with Gasteiger partial charge in [-0.3, -0.25) is 4.79 Å². The Bertz CT molecular complexity index is 583. The number of allylic oxidation sites excluding steroid dienone is 1. The molecule has 1 heterocycles. The van der Waals surface area contributed by atoms with Gasteiger partial charge in [0.25, 0.3) is 5.91 Å². The van der Waals surface area contributed by atoms with Crippen LogP contribution in [0.15, 0.2) is 12.2 Å². The lowest BCUT2D eigenvalue weighted by molar-refractivity contribution is -0.124. The Hall–Kier alpha value is -0.550. The fourth-order valence-corrected chi connectivity index (χ4v) is 7.40. The van der Waals surface area contributed by atoms with Crippen molar-refractivity contribution < 1.29 is 13.2 Å². The number of sulfonamides is 1. The Labute approximate surface area is 125 Å². The third-order valence-electron chi connectivity index (χ3n) is 5.98. The van der Waals surface area contributed by atoms with Crippen molar-refractivity contribution in [3.63, 3.8) is 0 Å². The van der Waals surface area contributed by atoms with Crippen LogP contribution >= 0.6 is 11.6 Å². The number of halogens is 1. The molecule has 0 aromatic carbocycles. The van der Waals surface area contributed by atoms with Gasteiger partial charge in [-0.25, -0.2) is 12.7 Å². The first kappa shape index (κ1) is 14.4. The minimum atomic E-state index is -3.50. The normalized spacial score (nSPS) is 40.5. The maximum Gasteiger partial charge on any atom is 0.260 e. The van der Waals surface area contributed by atoms with E-state index in [-0.39, 0.29) is 28.5 Å². The van der Waals surface area contributed by atoms with Crippen molar-refractivity contribution in [2.24, 2.45) is 16.7 Å². The van der Waals surface area contributed by atoms with E-state index in [0.717, 1.165) is 23.6 Å². The van der Waals surface area contributed by atoms with Crippen LogP contribution in [0.5, 0.6) is 0 Å². The smallest absolute Gasteiger partial charge is 0.260 e. The molecule has 1 aliphatic heterocycles. The molecule has 20 heavy (non-hydrogen) atoms. The molecule has 1 amide bonds. The number of fused-ring (bicyclic) bond motifs is 1. The molecule has 0 aromatic rings. The summed E-state index contributed by atoms with van der Waals surface area (Å²) in [5, 5.41) is 0. The molecule has 2 aliphatic carbocycles. The van der Waals surface area contributed by atoms with E-state index in [9.17, 15) is 13.2 Å². The lowest BCUT2D eigenvalue weighted by Crippen LogP contribution is -2.43. The highest BCUT2D eigenvalue weighted by atomic mass is 35.5. The van der Waals surface area contributed by atoms with Gasteiger partial charge in [-0.05, 0) is 30.6 Å². The molecular weight excluding hydrogens is 298 g/mol. The molecule has 1 spiro atoms. The zero-order valence-corrected chi connectivity index (χ0v) is 13.4. The molecule has 3 unspecified atom stereocenters. The quantitative estimate of drug-likeness (QED) is 0.579. The molecule has 2 saturated carbocycles. The van der Waals surface area contributed by atoms with Crippen LogP contribution < -0.4 is 0 Å². The molecular formula is C14H20ClNO3S. The number of amides is 1. The molecule has 3 fully saturated rings. The van der Waals surface area contributed by atoms with Gasteiger partial charge in [0.05, 0.1) is 11.8 Å². The van der Waals surface area contributed by atoms with E-state index in [0.29, 0.717) is 5.92 Å². The predicted octanol–water partition coefficient (Wildman–Crippen LogP) is 2.15. The average Bonchev–Trinajstić information content (AvgIpc) is 2.82. The summed E-state index contributed by atoms with van der Waals surface area (Å²) >= 11 is 5.53. The minimum absolute atomic E-state index is 0.00400. The van der Waals surface area contributed by atoms with E-state index >= 15 is 0 Å². The van der Waals surface area contributed by atoms with Gasteiger partial charge >= 0.3 is 0 Å². The average molecular weight is 318 g/mol.